The van der Waals surface area contributed by atoms with Gasteiger partial charge < -0.3 is 18.8 Å². The summed E-state index contributed by atoms with van der Waals surface area (Å²) < 4.78 is 16.1. The molecule has 0 spiro atoms. The number of carbonyl (C=O) groups excluding carboxylic acids is 2. The van der Waals surface area contributed by atoms with Gasteiger partial charge >= 0.3 is 12.1 Å². The number of rotatable bonds is 4. The summed E-state index contributed by atoms with van der Waals surface area (Å²) in [6.07, 6.45) is 1.14. The molecule has 0 radical (unpaired) electrons. The molecule has 1 amide bonds. The third-order valence-electron chi connectivity index (χ3n) is 5.14. The first-order valence-electron chi connectivity index (χ1n) is 9.59. The zero-order valence-corrected chi connectivity index (χ0v) is 16.2. The number of ether oxygens (including phenoxy) is 2. The Labute approximate surface area is 168 Å². The van der Waals surface area contributed by atoms with Crippen LogP contribution in [0.5, 0.6) is 0 Å². The molecule has 1 aliphatic rings. The average Bonchev–Trinajstić information content (AvgIpc) is 3.22. The lowest BCUT2D eigenvalue weighted by molar-refractivity contribution is 0.0601. The smallest absolute Gasteiger partial charge is 0.410 e. The zero-order chi connectivity index (χ0) is 20.2. The molecule has 2 heterocycles. The zero-order valence-electron chi connectivity index (χ0n) is 16.2. The Morgan fingerprint density at radius 2 is 1.86 bits per heavy atom. The molecular weight excluding hydrogens is 372 g/mol. The van der Waals surface area contributed by atoms with E-state index in [9.17, 15) is 9.59 Å². The minimum Gasteiger partial charge on any atom is -0.465 e. The summed E-state index contributed by atoms with van der Waals surface area (Å²) in [6, 6.07) is 14.8. The fraction of sp³-hybridized carbons (Fsp3) is 0.318. The quantitative estimate of drug-likeness (QED) is 0.619. The van der Waals surface area contributed by atoms with Crippen LogP contribution in [0.1, 0.15) is 40.6 Å². The van der Waals surface area contributed by atoms with Crippen molar-refractivity contribution < 1.29 is 23.5 Å². The number of nitrogens with zero attached hydrogens (tertiary/aromatic N) is 2. The molecule has 0 N–H and O–H groups in total. The fourth-order valence-electron chi connectivity index (χ4n) is 3.53. The summed E-state index contributed by atoms with van der Waals surface area (Å²) in [4.78, 5) is 30.5. The molecule has 2 aromatic carbocycles. The molecule has 0 unspecified atom stereocenters. The van der Waals surface area contributed by atoms with Crippen molar-refractivity contribution in [3.8, 4) is 0 Å². The highest BCUT2D eigenvalue weighted by Crippen LogP contribution is 2.31. The van der Waals surface area contributed by atoms with Crippen LogP contribution in [0.25, 0.3) is 11.1 Å². The van der Waals surface area contributed by atoms with Gasteiger partial charge in [0.2, 0.25) is 0 Å². The van der Waals surface area contributed by atoms with Crippen LogP contribution in [-0.2, 0) is 16.1 Å². The summed E-state index contributed by atoms with van der Waals surface area (Å²) in [5.74, 6) is 0.231. The summed E-state index contributed by atoms with van der Waals surface area (Å²) >= 11 is 0. The van der Waals surface area contributed by atoms with E-state index in [0.717, 1.165) is 18.4 Å². The van der Waals surface area contributed by atoms with Gasteiger partial charge in [-0.2, -0.15) is 0 Å². The monoisotopic (exact) mass is 394 g/mol. The van der Waals surface area contributed by atoms with E-state index in [0.29, 0.717) is 35.6 Å². The van der Waals surface area contributed by atoms with E-state index in [2.05, 4.69) is 4.98 Å². The maximum absolute atomic E-state index is 12.3. The minimum absolute atomic E-state index is 0.0890. The van der Waals surface area contributed by atoms with Crippen LogP contribution in [0, 0.1) is 0 Å². The molecule has 0 bridgehead atoms. The highest BCUT2D eigenvalue weighted by Gasteiger charge is 2.28. The lowest BCUT2D eigenvalue weighted by atomic mass is 9.97. The van der Waals surface area contributed by atoms with Gasteiger partial charge in [0.15, 0.2) is 11.5 Å². The molecule has 4 rings (SSSR count). The maximum Gasteiger partial charge on any atom is 0.410 e. The number of para-hydroxylation sites is 1. The highest BCUT2D eigenvalue weighted by atomic mass is 16.6. The first-order chi connectivity index (χ1) is 14.2. The van der Waals surface area contributed by atoms with E-state index in [-0.39, 0.29) is 18.6 Å². The Kier molecular flexibility index (Phi) is 5.46. The van der Waals surface area contributed by atoms with E-state index in [1.165, 1.54) is 7.11 Å². The second-order valence-electron chi connectivity index (χ2n) is 7.00. The van der Waals surface area contributed by atoms with Crippen LogP contribution in [0.2, 0.25) is 0 Å². The molecule has 1 saturated heterocycles. The molecule has 1 fully saturated rings. The van der Waals surface area contributed by atoms with Gasteiger partial charge in [0, 0.05) is 19.0 Å². The largest absolute Gasteiger partial charge is 0.465 e. The molecule has 7 heteroatoms. The Morgan fingerprint density at radius 3 is 2.59 bits per heavy atom. The van der Waals surface area contributed by atoms with Gasteiger partial charge in [-0.05, 0) is 30.5 Å². The first-order valence-corrected chi connectivity index (χ1v) is 9.59. The average molecular weight is 394 g/mol. The fourth-order valence-corrected chi connectivity index (χ4v) is 3.53. The van der Waals surface area contributed by atoms with Gasteiger partial charge in [0.05, 0.1) is 7.11 Å². The summed E-state index contributed by atoms with van der Waals surface area (Å²) in [6.45, 7) is 1.41. The van der Waals surface area contributed by atoms with Crippen molar-refractivity contribution in [3.63, 3.8) is 0 Å². The van der Waals surface area contributed by atoms with Gasteiger partial charge in [-0.25, -0.2) is 14.6 Å². The number of piperidine rings is 1. The van der Waals surface area contributed by atoms with Gasteiger partial charge in [-0.1, -0.05) is 36.4 Å². The number of likely N-dealkylation sites (tertiary alicyclic amines) is 1. The second kappa shape index (κ2) is 8.34. The minimum atomic E-state index is -0.450. The van der Waals surface area contributed by atoms with Crippen molar-refractivity contribution in [1.82, 2.24) is 9.88 Å². The van der Waals surface area contributed by atoms with E-state index < -0.39 is 5.97 Å². The number of fused-ring (bicyclic) bond motifs is 1. The normalized spacial score (nSPS) is 14.7. The number of benzene rings is 2. The molecule has 3 aromatic rings. The number of aromatic nitrogens is 1. The maximum atomic E-state index is 12.3. The van der Waals surface area contributed by atoms with Crippen molar-refractivity contribution >= 4 is 23.2 Å². The number of oxazole rings is 1. The van der Waals surface area contributed by atoms with Gasteiger partial charge in [0.25, 0.3) is 0 Å². The van der Waals surface area contributed by atoms with Crippen molar-refractivity contribution in [2.75, 3.05) is 20.2 Å². The first kappa shape index (κ1) is 19.0. The van der Waals surface area contributed by atoms with Crippen molar-refractivity contribution in [3.05, 3.63) is 65.5 Å². The third kappa shape index (κ3) is 4.08. The van der Waals surface area contributed by atoms with Gasteiger partial charge in [-0.3, -0.25) is 0 Å². The lowest BCUT2D eigenvalue weighted by Gasteiger charge is -2.29. The predicted molar refractivity (Wildman–Crippen MR) is 106 cm³/mol. The SMILES string of the molecule is COC(=O)c1cccc2nc(C3CCN(C(=O)OCc4ccccc4)CC3)oc12. The molecule has 1 aliphatic heterocycles. The number of esters is 1. The summed E-state index contributed by atoms with van der Waals surface area (Å²) in [5, 5.41) is 0. The van der Waals surface area contributed by atoms with Crippen LogP contribution >= 0.6 is 0 Å². The van der Waals surface area contributed by atoms with E-state index >= 15 is 0 Å². The van der Waals surface area contributed by atoms with Crippen LogP contribution in [-0.4, -0.2) is 42.1 Å². The molecular formula is C22H22N2O5. The van der Waals surface area contributed by atoms with Crippen LogP contribution in [0.3, 0.4) is 0 Å². The van der Waals surface area contributed by atoms with Gasteiger partial charge in [0.1, 0.15) is 17.7 Å². The van der Waals surface area contributed by atoms with Crippen LogP contribution < -0.4 is 0 Å². The molecule has 0 atom stereocenters. The summed E-state index contributed by atoms with van der Waals surface area (Å²) in [5.41, 5.74) is 2.40. The number of amides is 1. The number of hydrogen-bond acceptors (Lipinski definition) is 6. The van der Waals surface area contributed by atoms with E-state index in [1.807, 2.05) is 36.4 Å². The second-order valence-corrected chi connectivity index (χ2v) is 7.00. The molecule has 0 saturated carbocycles. The topological polar surface area (TPSA) is 81.9 Å². The Balaban J connectivity index is 1.38. The van der Waals surface area contributed by atoms with Crippen molar-refractivity contribution in [1.29, 1.82) is 0 Å². The number of methoxy groups -OCH3 is 1. The number of carbonyl (C=O) groups is 2. The van der Waals surface area contributed by atoms with Gasteiger partial charge in [-0.15, -0.1) is 0 Å². The predicted octanol–water partition coefficient (Wildman–Crippen LogP) is 4.13. The lowest BCUT2D eigenvalue weighted by Crippen LogP contribution is -2.38. The Morgan fingerprint density at radius 1 is 1.10 bits per heavy atom. The van der Waals surface area contributed by atoms with Crippen molar-refractivity contribution in [2.24, 2.45) is 0 Å². The third-order valence-corrected chi connectivity index (χ3v) is 5.14. The Hall–Kier alpha value is -3.35. The standard InChI is InChI=1S/C22H22N2O5/c1-27-21(25)17-8-5-9-18-19(17)29-20(23-18)16-10-12-24(13-11-16)22(26)28-14-15-6-3-2-4-7-15/h2-9,16H,10-14H2,1H3. The molecule has 1 aromatic heterocycles. The molecule has 29 heavy (non-hydrogen) atoms. The number of hydrogen-bond donors (Lipinski definition) is 0. The highest BCUT2D eigenvalue weighted by molar-refractivity contribution is 6.00. The van der Waals surface area contributed by atoms with Crippen LogP contribution in [0.4, 0.5) is 4.79 Å². The Bertz CT molecular complexity index is 1010. The van der Waals surface area contributed by atoms with E-state index in [4.69, 9.17) is 13.9 Å². The van der Waals surface area contributed by atoms with Crippen molar-refractivity contribution in [2.45, 2.75) is 25.4 Å². The molecule has 150 valence electrons. The van der Waals surface area contributed by atoms with Crippen LogP contribution in [0.15, 0.2) is 52.9 Å². The molecule has 7 nitrogen and oxygen atoms in total. The molecule has 0 aliphatic carbocycles. The van der Waals surface area contributed by atoms with E-state index in [1.54, 1.807) is 17.0 Å². The summed E-state index contributed by atoms with van der Waals surface area (Å²) in [7, 11) is 1.34.